The van der Waals surface area contributed by atoms with Crippen LogP contribution in [-0.4, -0.2) is 34.0 Å². The van der Waals surface area contributed by atoms with Gasteiger partial charge in [-0.1, -0.05) is 12.1 Å². The lowest BCUT2D eigenvalue weighted by molar-refractivity contribution is 0.696. The van der Waals surface area contributed by atoms with Crippen LogP contribution < -0.4 is 10.6 Å². The summed E-state index contributed by atoms with van der Waals surface area (Å²) < 4.78 is 0. The zero-order valence-electron chi connectivity index (χ0n) is 20.2. The van der Waals surface area contributed by atoms with Gasteiger partial charge in [-0.15, -0.1) is 0 Å². The molecule has 0 atom stereocenters. The molecular formula is C24H46P2+2. The van der Waals surface area contributed by atoms with E-state index in [9.17, 15) is 0 Å². The van der Waals surface area contributed by atoms with Gasteiger partial charge in [0.1, 0.15) is 10.6 Å². The molecule has 0 heterocycles. The summed E-state index contributed by atoms with van der Waals surface area (Å²) in [5.41, 5.74) is 0. The van der Waals surface area contributed by atoms with Crippen LogP contribution in [0.25, 0.3) is 0 Å². The Kier molecular flexibility index (Phi) is 6.35. The van der Waals surface area contributed by atoms with Gasteiger partial charge in [0.2, 0.25) is 0 Å². The number of hydrogen-bond acceptors (Lipinski definition) is 0. The summed E-state index contributed by atoms with van der Waals surface area (Å²) >= 11 is 0. The fraction of sp³-hybridized carbons (Fsp3) is 0.750. The quantitative estimate of drug-likeness (QED) is 0.456. The van der Waals surface area contributed by atoms with Crippen LogP contribution in [0.15, 0.2) is 24.3 Å². The summed E-state index contributed by atoms with van der Waals surface area (Å²) in [7, 11) is -2.87. The highest BCUT2D eigenvalue weighted by Crippen LogP contribution is 2.77. The summed E-state index contributed by atoms with van der Waals surface area (Å²) in [6.45, 7) is 34.8. The molecule has 0 aliphatic heterocycles. The summed E-state index contributed by atoms with van der Waals surface area (Å²) in [5.74, 6) is 0. The van der Waals surface area contributed by atoms with E-state index >= 15 is 0 Å². The lowest BCUT2D eigenvalue weighted by atomic mass is 10.2. The van der Waals surface area contributed by atoms with E-state index in [1.807, 2.05) is 0 Å². The van der Waals surface area contributed by atoms with Crippen molar-refractivity contribution in [2.45, 2.75) is 104 Å². The molecule has 0 saturated carbocycles. The maximum Gasteiger partial charge on any atom is 0.136 e. The second-order valence-electron chi connectivity index (χ2n) is 12.2. The summed E-state index contributed by atoms with van der Waals surface area (Å²) in [4.78, 5) is 0. The lowest BCUT2D eigenvalue weighted by Gasteiger charge is -2.49. The van der Waals surface area contributed by atoms with Gasteiger partial charge in [0.15, 0.2) is 0 Å². The third-order valence-corrected chi connectivity index (χ3v) is 20.8. The van der Waals surface area contributed by atoms with Gasteiger partial charge >= 0.3 is 0 Å². The van der Waals surface area contributed by atoms with Crippen molar-refractivity contribution in [2.24, 2.45) is 0 Å². The standard InChI is InChI=1S/C24H46P2/c1-21(2,3)25(13,22(4,5)6)19-17-15-16-18-20(19)26(14,23(7,8)9)24(10,11)12/h15-18H,1-14H3/q+2. The van der Waals surface area contributed by atoms with Gasteiger partial charge in [0.25, 0.3) is 0 Å². The van der Waals surface area contributed by atoms with E-state index in [1.54, 1.807) is 10.6 Å². The Morgan fingerprint density at radius 2 is 0.654 bits per heavy atom. The molecule has 0 bridgehead atoms. The van der Waals surface area contributed by atoms with Crippen molar-refractivity contribution in [1.82, 2.24) is 0 Å². The van der Waals surface area contributed by atoms with Gasteiger partial charge in [0, 0.05) is 0 Å². The number of rotatable bonds is 2. The summed E-state index contributed by atoms with van der Waals surface area (Å²) in [6, 6.07) is 9.53. The van der Waals surface area contributed by atoms with Crippen molar-refractivity contribution >= 4 is 25.1 Å². The topological polar surface area (TPSA) is 0 Å². The van der Waals surface area contributed by atoms with E-state index in [2.05, 4.69) is 121 Å². The Morgan fingerprint density at radius 3 is 0.808 bits per heavy atom. The Morgan fingerprint density at radius 1 is 0.462 bits per heavy atom. The minimum Gasteiger partial charge on any atom is -0.0581 e. The number of benzene rings is 1. The van der Waals surface area contributed by atoms with Crippen LogP contribution in [0, 0.1) is 0 Å². The van der Waals surface area contributed by atoms with E-state index in [4.69, 9.17) is 0 Å². The van der Waals surface area contributed by atoms with Crippen LogP contribution in [-0.2, 0) is 0 Å². The molecule has 1 aromatic rings. The summed E-state index contributed by atoms with van der Waals surface area (Å²) in [6.07, 6.45) is 0. The minimum absolute atomic E-state index is 0.280. The predicted octanol–water partition coefficient (Wildman–Crippen LogP) is 7.43. The van der Waals surface area contributed by atoms with Crippen LogP contribution in [0.3, 0.4) is 0 Å². The molecule has 2 heteroatoms. The number of hydrogen-bond donors (Lipinski definition) is 0. The molecule has 0 radical (unpaired) electrons. The van der Waals surface area contributed by atoms with E-state index in [-0.39, 0.29) is 20.6 Å². The monoisotopic (exact) mass is 396 g/mol. The molecule has 0 fully saturated rings. The van der Waals surface area contributed by atoms with Crippen molar-refractivity contribution in [3.8, 4) is 0 Å². The van der Waals surface area contributed by atoms with Crippen LogP contribution in [0.5, 0.6) is 0 Å². The largest absolute Gasteiger partial charge is 0.136 e. The molecule has 0 aromatic heterocycles. The first-order valence-electron chi connectivity index (χ1n) is 10.1. The second kappa shape index (κ2) is 6.85. The average molecular weight is 397 g/mol. The summed E-state index contributed by atoms with van der Waals surface area (Å²) in [5, 5.41) is 4.48. The molecule has 0 amide bonds. The van der Waals surface area contributed by atoms with E-state index in [0.29, 0.717) is 0 Å². The molecule has 0 spiro atoms. The average Bonchev–Trinajstić information content (AvgIpc) is 2.40. The first-order chi connectivity index (χ1) is 11.2. The predicted molar refractivity (Wildman–Crippen MR) is 130 cm³/mol. The van der Waals surface area contributed by atoms with Crippen LogP contribution in [0.1, 0.15) is 83.1 Å². The van der Waals surface area contributed by atoms with Crippen molar-refractivity contribution in [3.05, 3.63) is 24.3 Å². The van der Waals surface area contributed by atoms with Crippen molar-refractivity contribution in [3.63, 3.8) is 0 Å². The van der Waals surface area contributed by atoms with Gasteiger partial charge < -0.3 is 0 Å². The smallest absolute Gasteiger partial charge is 0.0581 e. The molecule has 1 aromatic carbocycles. The van der Waals surface area contributed by atoms with E-state index in [1.165, 1.54) is 0 Å². The molecule has 0 aliphatic rings. The molecule has 0 unspecified atom stereocenters. The first kappa shape index (κ1) is 24.1. The fourth-order valence-electron chi connectivity index (χ4n) is 4.68. The minimum atomic E-state index is -1.43. The van der Waals surface area contributed by atoms with Crippen molar-refractivity contribution in [2.75, 3.05) is 13.3 Å². The SMILES string of the molecule is CC(C)(C)[P+](C)(c1ccccc1[P+](C)(C(C)(C)C)C(C)(C)C)C(C)(C)C. The fourth-order valence-corrected chi connectivity index (χ4v) is 14.6. The third kappa shape index (κ3) is 3.67. The third-order valence-electron chi connectivity index (χ3n) is 7.21. The normalized spacial score (nSPS) is 15.3. The molecule has 150 valence electrons. The Balaban J connectivity index is 4.03. The highest BCUT2D eigenvalue weighted by atomic mass is 31.2. The first-order valence-corrected chi connectivity index (χ1v) is 14.5. The molecule has 26 heavy (non-hydrogen) atoms. The second-order valence-corrected chi connectivity index (χ2v) is 22.5. The highest BCUT2D eigenvalue weighted by Gasteiger charge is 2.63. The van der Waals surface area contributed by atoms with Gasteiger partial charge in [-0.05, 0) is 95.2 Å². The van der Waals surface area contributed by atoms with Crippen molar-refractivity contribution in [1.29, 1.82) is 0 Å². The Hall–Kier alpha value is 0.0800. The maximum absolute atomic E-state index is 2.61. The van der Waals surface area contributed by atoms with Gasteiger partial charge in [-0.2, -0.15) is 0 Å². The molecule has 1 rings (SSSR count). The Labute approximate surface area is 166 Å². The van der Waals surface area contributed by atoms with Crippen LogP contribution in [0.4, 0.5) is 0 Å². The van der Waals surface area contributed by atoms with Gasteiger partial charge in [0.05, 0.1) is 48.5 Å². The molecular weight excluding hydrogens is 350 g/mol. The van der Waals surface area contributed by atoms with E-state index in [0.717, 1.165) is 0 Å². The van der Waals surface area contributed by atoms with Gasteiger partial charge in [-0.3, -0.25) is 0 Å². The zero-order valence-corrected chi connectivity index (χ0v) is 22.0. The Bertz CT molecular complexity index is 543. The van der Waals surface area contributed by atoms with E-state index < -0.39 is 14.5 Å². The molecule has 0 nitrogen and oxygen atoms in total. The maximum atomic E-state index is 2.61. The lowest BCUT2D eigenvalue weighted by Crippen LogP contribution is -2.49. The molecule has 0 N–H and O–H groups in total. The van der Waals surface area contributed by atoms with Crippen LogP contribution in [0.2, 0.25) is 0 Å². The van der Waals surface area contributed by atoms with Gasteiger partial charge in [-0.25, -0.2) is 0 Å². The molecule has 0 saturated heterocycles. The molecule has 0 aliphatic carbocycles. The van der Waals surface area contributed by atoms with Crippen molar-refractivity contribution < 1.29 is 0 Å². The highest BCUT2D eigenvalue weighted by molar-refractivity contribution is 7.90. The zero-order chi connectivity index (χ0) is 21.0. The van der Waals surface area contributed by atoms with Crippen LogP contribution >= 0.6 is 14.5 Å².